The van der Waals surface area contributed by atoms with Crippen molar-refractivity contribution >= 4 is 5.91 Å². The van der Waals surface area contributed by atoms with Crippen molar-refractivity contribution in [3.63, 3.8) is 0 Å². The molecule has 0 aliphatic heterocycles. The molecule has 0 aromatic heterocycles. The zero-order valence-corrected chi connectivity index (χ0v) is 9.89. The number of allylic oxidation sites excluding steroid dienone is 1. The molecule has 1 N–H and O–H groups in total. The van der Waals surface area contributed by atoms with Gasteiger partial charge in [0.1, 0.15) is 0 Å². The molecule has 2 nitrogen and oxygen atoms in total. The molecular weight excluding hydrogens is 174 g/mol. The molecule has 0 spiro atoms. The standard InChI is InChI=1S/C12H23NO/c1-5-7-9-12(3,4)10-13-11(14)8-6-2/h6,8H,5,7,9-10H2,1-4H3,(H,13,14)/b8-6+. The molecule has 0 aromatic carbocycles. The molecule has 0 aromatic rings. The van der Waals surface area contributed by atoms with E-state index in [1.165, 1.54) is 19.3 Å². The van der Waals surface area contributed by atoms with Gasteiger partial charge in [-0.15, -0.1) is 0 Å². The summed E-state index contributed by atoms with van der Waals surface area (Å²) in [7, 11) is 0. The van der Waals surface area contributed by atoms with Crippen LogP contribution >= 0.6 is 0 Å². The van der Waals surface area contributed by atoms with E-state index < -0.39 is 0 Å². The minimum absolute atomic E-state index is 0.0112. The largest absolute Gasteiger partial charge is 0.352 e. The van der Waals surface area contributed by atoms with Gasteiger partial charge in [0.05, 0.1) is 0 Å². The van der Waals surface area contributed by atoms with E-state index in [2.05, 4.69) is 26.1 Å². The van der Waals surface area contributed by atoms with Crippen molar-refractivity contribution in [1.82, 2.24) is 5.32 Å². The summed E-state index contributed by atoms with van der Waals surface area (Å²) in [6, 6.07) is 0. The highest BCUT2D eigenvalue weighted by molar-refractivity contribution is 5.87. The maximum atomic E-state index is 11.2. The minimum atomic E-state index is 0.0112. The first-order chi connectivity index (χ1) is 6.52. The number of nitrogens with one attached hydrogen (secondary N) is 1. The number of hydrogen-bond donors (Lipinski definition) is 1. The van der Waals surface area contributed by atoms with Crippen LogP contribution in [0, 0.1) is 5.41 Å². The first-order valence-corrected chi connectivity index (χ1v) is 5.42. The molecule has 14 heavy (non-hydrogen) atoms. The van der Waals surface area contributed by atoms with Crippen molar-refractivity contribution in [3.05, 3.63) is 12.2 Å². The van der Waals surface area contributed by atoms with Crippen LogP contribution in [-0.4, -0.2) is 12.5 Å². The average molecular weight is 197 g/mol. The third kappa shape index (κ3) is 6.70. The van der Waals surface area contributed by atoms with Crippen LogP contribution in [0.4, 0.5) is 0 Å². The van der Waals surface area contributed by atoms with Gasteiger partial charge in [-0.2, -0.15) is 0 Å². The zero-order valence-electron chi connectivity index (χ0n) is 9.89. The predicted molar refractivity (Wildman–Crippen MR) is 61.1 cm³/mol. The summed E-state index contributed by atoms with van der Waals surface area (Å²) in [5.74, 6) is 0.0112. The predicted octanol–water partition coefficient (Wildman–Crippen LogP) is 2.90. The second kappa shape index (κ2) is 6.63. The molecule has 1 amide bonds. The smallest absolute Gasteiger partial charge is 0.243 e. The molecule has 0 radical (unpaired) electrons. The molecule has 0 unspecified atom stereocenters. The van der Waals surface area contributed by atoms with Crippen LogP contribution in [0.3, 0.4) is 0 Å². The average Bonchev–Trinajstić information content (AvgIpc) is 2.13. The van der Waals surface area contributed by atoms with Gasteiger partial charge in [-0.05, 0) is 24.8 Å². The third-order valence-corrected chi connectivity index (χ3v) is 2.27. The molecule has 0 saturated heterocycles. The lowest BCUT2D eigenvalue weighted by Crippen LogP contribution is -2.32. The van der Waals surface area contributed by atoms with Gasteiger partial charge in [-0.3, -0.25) is 4.79 Å². The fourth-order valence-electron chi connectivity index (χ4n) is 1.28. The third-order valence-electron chi connectivity index (χ3n) is 2.27. The Morgan fingerprint density at radius 2 is 2.07 bits per heavy atom. The Bertz CT molecular complexity index is 194. The summed E-state index contributed by atoms with van der Waals surface area (Å²) in [5, 5.41) is 2.91. The van der Waals surface area contributed by atoms with Crippen molar-refractivity contribution in [2.24, 2.45) is 5.41 Å². The van der Waals surface area contributed by atoms with Crippen LogP contribution in [0.15, 0.2) is 12.2 Å². The Kier molecular flexibility index (Phi) is 6.26. The Balaban J connectivity index is 3.80. The molecule has 0 heterocycles. The molecule has 0 saturated carbocycles. The Labute approximate surface area is 87.8 Å². The van der Waals surface area contributed by atoms with E-state index in [0.717, 1.165) is 6.54 Å². The Morgan fingerprint density at radius 3 is 2.57 bits per heavy atom. The second-order valence-corrected chi connectivity index (χ2v) is 4.49. The lowest BCUT2D eigenvalue weighted by atomic mass is 9.87. The van der Waals surface area contributed by atoms with Crippen molar-refractivity contribution in [3.8, 4) is 0 Å². The molecule has 0 bridgehead atoms. The summed E-state index contributed by atoms with van der Waals surface area (Å²) in [6.07, 6.45) is 6.93. The van der Waals surface area contributed by atoms with Crippen LogP contribution in [-0.2, 0) is 4.79 Å². The van der Waals surface area contributed by atoms with Crippen LogP contribution in [0.1, 0.15) is 47.0 Å². The monoisotopic (exact) mass is 197 g/mol. The van der Waals surface area contributed by atoms with Crippen LogP contribution in [0.5, 0.6) is 0 Å². The fraction of sp³-hybridized carbons (Fsp3) is 0.750. The number of rotatable bonds is 6. The van der Waals surface area contributed by atoms with E-state index in [-0.39, 0.29) is 11.3 Å². The second-order valence-electron chi connectivity index (χ2n) is 4.49. The number of unbranched alkanes of at least 4 members (excludes halogenated alkanes) is 1. The molecule has 2 heteroatoms. The SMILES string of the molecule is C/C=C/C(=O)NCC(C)(C)CCCC. The molecule has 82 valence electrons. The lowest BCUT2D eigenvalue weighted by Gasteiger charge is -2.24. The highest BCUT2D eigenvalue weighted by Crippen LogP contribution is 2.21. The van der Waals surface area contributed by atoms with Gasteiger partial charge in [0.25, 0.3) is 0 Å². The number of carbonyl (C=O) groups excluding carboxylic acids is 1. The zero-order chi connectivity index (χ0) is 11.0. The summed E-state index contributed by atoms with van der Waals surface area (Å²) in [5.41, 5.74) is 0.216. The summed E-state index contributed by atoms with van der Waals surface area (Å²) in [4.78, 5) is 11.2. The van der Waals surface area contributed by atoms with Gasteiger partial charge in [0, 0.05) is 6.54 Å². The van der Waals surface area contributed by atoms with E-state index in [1.807, 2.05) is 6.92 Å². The first-order valence-electron chi connectivity index (χ1n) is 5.42. The van der Waals surface area contributed by atoms with E-state index in [1.54, 1.807) is 12.2 Å². The van der Waals surface area contributed by atoms with Gasteiger partial charge in [0.2, 0.25) is 5.91 Å². The van der Waals surface area contributed by atoms with Gasteiger partial charge in [0.15, 0.2) is 0 Å². The van der Waals surface area contributed by atoms with Crippen LogP contribution in [0.25, 0.3) is 0 Å². The summed E-state index contributed by atoms with van der Waals surface area (Å²) < 4.78 is 0. The number of hydrogen-bond acceptors (Lipinski definition) is 1. The van der Waals surface area contributed by atoms with E-state index in [0.29, 0.717) is 0 Å². The molecule has 0 aliphatic carbocycles. The van der Waals surface area contributed by atoms with E-state index >= 15 is 0 Å². The number of carbonyl (C=O) groups is 1. The number of amides is 1. The maximum absolute atomic E-state index is 11.2. The topological polar surface area (TPSA) is 29.1 Å². The van der Waals surface area contributed by atoms with Crippen LogP contribution in [0.2, 0.25) is 0 Å². The Hall–Kier alpha value is -0.790. The molecule has 0 aliphatic rings. The Morgan fingerprint density at radius 1 is 1.43 bits per heavy atom. The molecular formula is C12H23NO. The highest BCUT2D eigenvalue weighted by Gasteiger charge is 2.17. The fourth-order valence-corrected chi connectivity index (χ4v) is 1.28. The van der Waals surface area contributed by atoms with E-state index in [4.69, 9.17) is 0 Å². The maximum Gasteiger partial charge on any atom is 0.243 e. The van der Waals surface area contributed by atoms with Crippen molar-refractivity contribution in [1.29, 1.82) is 0 Å². The van der Waals surface area contributed by atoms with Crippen molar-refractivity contribution < 1.29 is 4.79 Å². The normalized spacial score (nSPS) is 12.0. The molecule has 0 rings (SSSR count). The van der Waals surface area contributed by atoms with Gasteiger partial charge in [-0.1, -0.05) is 39.7 Å². The minimum Gasteiger partial charge on any atom is -0.352 e. The van der Waals surface area contributed by atoms with Crippen molar-refractivity contribution in [2.45, 2.75) is 47.0 Å². The van der Waals surface area contributed by atoms with Crippen LogP contribution < -0.4 is 5.32 Å². The summed E-state index contributed by atoms with van der Waals surface area (Å²) in [6.45, 7) is 9.18. The van der Waals surface area contributed by atoms with Gasteiger partial charge >= 0.3 is 0 Å². The summed E-state index contributed by atoms with van der Waals surface area (Å²) >= 11 is 0. The van der Waals surface area contributed by atoms with Gasteiger partial charge < -0.3 is 5.32 Å². The lowest BCUT2D eigenvalue weighted by molar-refractivity contribution is -0.116. The quantitative estimate of drug-likeness (QED) is 0.652. The molecule has 0 fully saturated rings. The van der Waals surface area contributed by atoms with Gasteiger partial charge in [-0.25, -0.2) is 0 Å². The molecule has 0 atom stereocenters. The highest BCUT2D eigenvalue weighted by atomic mass is 16.1. The van der Waals surface area contributed by atoms with Crippen molar-refractivity contribution in [2.75, 3.05) is 6.54 Å². The van der Waals surface area contributed by atoms with E-state index in [9.17, 15) is 4.79 Å². The first kappa shape index (κ1) is 13.2.